The first kappa shape index (κ1) is 34.2. The predicted molar refractivity (Wildman–Crippen MR) is 203 cm³/mol. The SMILES string of the molecule is O=C(c1cc(-c2cc3c(cc2C(=O)N2Cc4ccccc4C[C@H]2C[N+]2([O-])CCOCC2)OCO3)n2c1CCCC2)N(c1ccccc1)c1ccc(O)cc1. The quantitative estimate of drug-likeness (QED) is 0.145. The minimum atomic E-state index is -0.402. The predicted octanol–water partition coefficient (Wildman–Crippen LogP) is 6.82. The molecule has 0 radical (unpaired) electrons. The van der Waals surface area contributed by atoms with E-state index in [0.29, 0.717) is 91.8 Å². The molecule has 11 heteroatoms. The summed E-state index contributed by atoms with van der Waals surface area (Å²) < 4.78 is 19.0. The molecule has 11 nitrogen and oxygen atoms in total. The number of morpholine rings is 1. The second-order valence-corrected chi connectivity index (χ2v) is 14.6. The number of phenolic OH excluding ortho intramolecular Hbond substituents is 1. The molecule has 1 saturated heterocycles. The lowest BCUT2D eigenvalue weighted by Crippen LogP contribution is -2.59. The molecule has 2 amide bonds. The van der Waals surface area contributed by atoms with Gasteiger partial charge in [-0.2, -0.15) is 0 Å². The fraction of sp³-hybridized carbons (Fsp3) is 0.302. The number of phenols is 1. The molecule has 0 bridgehead atoms. The van der Waals surface area contributed by atoms with E-state index >= 15 is 4.79 Å². The van der Waals surface area contributed by atoms with Crippen molar-refractivity contribution in [3.63, 3.8) is 0 Å². The van der Waals surface area contributed by atoms with Crippen LogP contribution in [0.15, 0.2) is 97.1 Å². The number of carbonyl (C=O) groups excluding carboxylic acids is 2. The molecule has 0 aliphatic carbocycles. The number of aromatic nitrogens is 1. The average Bonchev–Trinajstić information content (AvgIpc) is 3.83. The van der Waals surface area contributed by atoms with Crippen LogP contribution < -0.4 is 14.4 Å². The molecule has 5 heterocycles. The minimum Gasteiger partial charge on any atom is -0.633 e. The molecule has 0 spiro atoms. The van der Waals surface area contributed by atoms with Crippen molar-refractivity contribution in [3.8, 4) is 28.5 Å². The summed E-state index contributed by atoms with van der Waals surface area (Å²) in [5.41, 5.74) is 6.83. The van der Waals surface area contributed by atoms with Crippen molar-refractivity contribution >= 4 is 23.2 Å². The molecule has 9 rings (SSSR count). The van der Waals surface area contributed by atoms with Gasteiger partial charge in [-0.1, -0.05) is 42.5 Å². The van der Waals surface area contributed by atoms with Crippen molar-refractivity contribution in [1.82, 2.24) is 9.47 Å². The number of fused-ring (bicyclic) bond motifs is 3. The molecule has 1 fully saturated rings. The summed E-state index contributed by atoms with van der Waals surface area (Å²) in [7, 11) is 0. The number of hydrogen-bond acceptors (Lipinski definition) is 7. The Labute approximate surface area is 313 Å². The molecule has 0 saturated carbocycles. The van der Waals surface area contributed by atoms with Gasteiger partial charge in [-0.05, 0) is 91.4 Å². The van der Waals surface area contributed by atoms with Crippen molar-refractivity contribution in [2.24, 2.45) is 0 Å². The number of quaternary nitrogens is 1. The van der Waals surface area contributed by atoms with Gasteiger partial charge in [0.25, 0.3) is 11.8 Å². The summed E-state index contributed by atoms with van der Waals surface area (Å²) in [4.78, 5) is 33.6. The zero-order valence-corrected chi connectivity index (χ0v) is 30.0. The molecule has 5 aromatic rings. The number of hydroxylamine groups is 3. The average molecular weight is 727 g/mol. The maximum atomic E-state index is 15.2. The van der Waals surface area contributed by atoms with E-state index in [0.717, 1.165) is 35.4 Å². The third-order valence-electron chi connectivity index (χ3n) is 11.3. The normalized spacial score (nSPS) is 18.5. The third kappa shape index (κ3) is 6.27. The smallest absolute Gasteiger partial charge is 0.264 e. The molecular formula is C43H42N4O7. The maximum absolute atomic E-state index is 15.2. The van der Waals surface area contributed by atoms with Gasteiger partial charge in [0.1, 0.15) is 18.8 Å². The summed E-state index contributed by atoms with van der Waals surface area (Å²) in [6.07, 6.45) is 3.13. The van der Waals surface area contributed by atoms with Gasteiger partial charge in [-0.25, -0.2) is 0 Å². The number of rotatable bonds is 7. The van der Waals surface area contributed by atoms with E-state index < -0.39 is 4.65 Å². The number of nitrogens with zero attached hydrogens (tertiary/aromatic N) is 4. The van der Waals surface area contributed by atoms with E-state index in [1.165, 1.54) is 0 Å². The zero-order valence-electron chi connectivity index (χ0n) is 30.0. The molecule has 4 aromatic carbocycles. The van der Waals surface area contributed by atoms with Crippen LogP contribution in [-0.4, -0.2) is 76.7 Å². The Morgan fingerprint density at radius 2 is 1.54 bits per heavy atom. The van der Waals surface area contributed by atoms with E-state index in [1.54, 1.807) is 35.2 Å². The van der Waals surface area contributed by atoms with Gasteiger partial charge in [0.15, 0.2) is 11.5 Å². The van der Waals surface area contributed by atoms with Crippen LogP contribution >= 0.6 is 0 Å². The lowest BCUT2D eigenvalue weighted by Gasteiger charge is -2.49. The number of ether oxygens (including phenoxy) is 3. The minimum absolute atomic E-state index is 0.0407. The molecular weight excluding hydrogens is 684 g/mol. The van der Waals surface area contributed by atoms with E-state index in [-0.39, 0.29) is 36.9 Å². The number of amides is 2. The second kappa shape index (κ2) is 14.0. The van der Waals surface area contributed by atoms with Crippen LogP contribution in [0.3, 0.4) is 0 Å². The summed E-state index contributed by atoms with van der Waals surface area (Å²) in [5.74, 6) is 0.728. The van der Waals surface area contributed by atoms with Crippen molar-refractivity contribution in [2.75, 3.05) is 44.5 Å². The van der Waals surface area contributed by atoms with Crippen LogP contribution in [0.2, 0.25) is 0 Å². The fourth-order valence-corrected chi connectivity index (χ4v) is 8.48. The number of carbonyl (C=O) groups is 2. The van der Waals surface area contributed by atoms with Crippen molar-refractivity contribution in [2.45, 2.75) is 44.8 Å². The molecule has 1 N–H and O–H groups in total. The number of hydrogen-bond donors (Lipinski definition) is 1. The Bertz CT molecular complexity index is 2210. The Morgan fingerprint density at radius 1 is 0.833 bits per heavy atom. The molecule has 1 aromatic heterocycles. The molecule has 4 aliphatic rings. The highest BCUT2D eigenvalue weighted by molar-refractivity contribution is 6.12. The van der Waals surface area contributed by atoms with Gasteiger partial charge in [0.2, 0.25) is 6.79 Å². The Hall–Kier alpha value is -5.62. The number of para-hydroxylation sites is 1. The van der Waals surface area contributed by atoms with Crippen LogP contribution in [0.25, 0.3) is 11.3 Å². The molecule has 54 heavy (non-hydrogen) atoms. The zero-order chi connectivity index (χ0) is 36.8. The van der Waals surface area contributed by atoms with Crippen LogP contribution in [0.5, 0.6) is 17.2 Å². The topological polar surface area (TPSA) is 117 Å². The van der Waals surface area contributed by atoms with Crippen molar-refractivity contribution in [1.29, 1.82) is 0 Å². The van der Waals surface area contributed by atoms with Gasteiger partial charge in [0, 0.05) is 41.4 Å². The molecule has 4 aliphatic heterocycles. The fourth-order valence-electron chi connectivity index (χ4n) is 8.48. The summed E-state index contributed by atoms with van der Waals surface area (Å²) in [6, 6.07) is 29.4. The first-order valence-electron chi connectivity index (χ1n) is 18.7. The lowest BCUT2D eigenvalue weighted by atomic mass is 9.91. The van der Waals surface area contributed by atoms with Gasteiger partial charge in [0.05, 0.1) is 36.9 Å². The highest BCUT2D eigenvalue weighted by Crippen LogP contribution is 2.43. The monoisotopic (exact) mass is 726 g/mol. The molecule has 276 valence electrons. The number of aromatic hydroxyl groups is 1. The van der Waals surface area contributed by atoms with Gasteiger partial charge < -0.3 is 38.6 Å². The van der Waals surface area contributed by atoms with Crippen LogP contribution in [-0.2, 0) is 30.7 Å². The summed E-state index contributed by atoms with van der Waals surface area (Å²) in [5, 5.41) is 24.0. The van der Waals surface area contributed by atoms with Gasteiger partial charge >= 0.3 is 0 Å². The highest BCUT2D eigenvalue weighted by atomic mass is 16.7. The second-order valence-electron chi connectivity index (χ2n) is 14.6. The van der Waals surface area contributed by atoms with Gasteiger partial charge in [-0.15, -0.1) is 0 Å². The van der Waals surface area contributed by atoms with E-state index in [2.05, 4.69) is 16.7 Å². The first-order chi connectivity index (χ1) is 26.3. The Balaban J connectivity index is 1.16. The summed E-state index contributed by atoms with van der Waals surface area (Å²) in [6.45, 7) is 2.89. The number of anilines is 2. The maximum Gasteiger partial charge on any atom is 0.264 e. The largest absolute Gasteiger partial charge is 0.633 e. The van der Waals surface area contributed by atoms with Crippen LogP contribution in [0.1, 0.15) is 50.4 Å². The Morgan fingerprint density at radius 3 is 2.31 bits per heavy atom. The van der Waals surface area contributed by atoms with E-state index in [1.807, 2.05) is 59.5 Å². The third-order valence-corrected chi connectivity index (χ3v) is 11.3. The Kier molecular flexibility index (Phi) is 8.85. The standard InChI is InChI=1S/C43H42N4O7/c48-34-15-13-32(14-16-34)46(31-10-2-1-3-11-31)43(50)37-23-39(44-17-7-6-12-38(37)44)35-24-40-41(54-28-53-40)25-36(35)42(49)45-26-30-9-5-4-8-29(30)22-33(45)27-47(51)18-20-52-21-19-47/h1-5,8-11,13-16,23-25,33,48H,6-7,12,17-22,26-28H2/t33-/m0/s1. The lowest BCUT2D eigenvalue weighted by molar-refractivity contribution is -0.890. The first-order valence-corrected chi connectivity index (χ1v) is 18.7. The molecule has 0 unspecified atom stereocenters. The van der Waals surface area contributed by atoms with E-state index in [4.69, 9.17) is 14.2 Å². The summed E-state index contributed by atoms with van der Waals surface area (Å²) >= 11 is 0. The van der Waals surface area contributed by atoms with Crippen molar-refractivity contribution < 1.29 is 33.6 Å². The highest BCUT2D eigenvalue weighted by Gasteiger charge is 2.38. The van der Waals surface area contributed by atoms with Gasteiger partial charge in [-0.3, -0.25) is 14.5 Å². The van der Waals surface area contributed by atoms with E-state index in [9.17, 15) is 15.1 Å². The van der Waals surface area contributed by atoms with Crippen LogP contribution in [0.4, 0.5) is 11.4 Å². The van der Waals surface area contributed by atoms with Crippen molar-refractivity contribution in [3.05, 3.63) is 130 Å². The van der Waals surface area contributed by atoms with Crippen LogP contribution in [0, 0.1) is 5.21 Å². The number of benzene rings is 4. The molecule has 1 atom stereocenters.